The van der Waals surface area contributed by atoms with E-state index in [0.29, 0.717) is 12.3 Å². The molecule has 2 aromatic rings. The number of amides is 1. The molecule has 1 amide bonds. The van der Waals surface area contributed by atoms with E-state index in [9.17, 15) is 4.79 Å². The number of pyridine rings is 1. The summed E-state index contributed by atoms with van der Waals surface area (Å²) in [4.78, 5) is 16.5. The van der Waals surface area contributed by atoms with Gasteiger partial charge in [0.15, 0.2) is 0 Å². The third kappa shape index (κ3) is 2.96. The molecule has 2 heterocycles. The molecule has 0 bridgehead atoms. The normalized spacial score (nSPS) is 16.2. The van der Waals surface area contributed by atoms with E-state index >= 15 is 0 Å². The highest BCUT2D eigenvalue weighted by Gasteiger charge is 2.17. The van der Waals surface area contributed by atoms with Crippen LogP contribution in [0.25, 0.3) is 10.9 Å². The zero-order valence-corrected chi connectivity index (χ0v) is 11.4. The molecule has 0 aliphatic carbocycles. The molecular formula is C16H19N3O. The molecule has 1 aliphatic rings. The predicted molar refractivity (Wildman–Crippen MR) is 80.6 cm³/mol. The summed E-state index contributed by atoms with van der Waals surface area (Å²) in [5, 5.41) is 7.35. The summed E-state index contributed by atoms with van der Waals surface area (Å²) in [6, 6.07) is 9.70. The van der Waals surface area contributed by atoms with Crippen LogP contribution < -0.4 is 10.6 Å². The van der Waals surface area contributed by atoms with E-state index in [-0.39, 0.29) is 5.91 Å². The van der Waals surface area contributed by atoms with Gasteiger partial charge in [-0.3, -0.25) is 9.78 Å². The highest BCUT2D eigenvalue weighted by Crippen LogP contribution is 2.23. The Kier molecular flexibility index (Phi) is 3.92. The molecule has 1 aromatic carbocycles. The van der Waals surface area contributed by atoms with E-state index < -0.39 is 0 Å². The summed E-state index contributed by atoms with van der Waals surface area (Å²) in [6.07, 6.45) is 4.55. The van der Waals surface area contributed by atoms with Crippen LogP contribution in [-0.2, 0) is 4.79 Å². The molecule has 4 heteroatoms. The molecule has 0 spiro atoms. The van der Waals surface area contributed by atoms with Gasteiger partial charge in [0, 0.05) is 18.0 Å². The van der Waals surface area contributed by atoms with Crippen molar-refractivity contribution in [3.63, 3.8) is 0 Å². The molecule has 0 saturated carbocycles. The lowest BCUT2D eigenvalue weighted by molar-refractivity contribution is -0.117. The highest BCUT2D eigenvalue weighted by atomic mass is 16.1. The highest BCUT2D eigenvalue weighted by molar-refractivity contribution is 6.00. The van der Waals surface area contributed by atoms with Gasteiger partial charge in [0.25, 0.3) is 0 Å². The zero-order valence-electron chi connectivity index (χ0n) is 11.4. The number of hydrogen-bond donors (Lipinski definition) is 2. The van der Waals surface area contributed by atoms with Crippen LogP contribution in [-0.4, -0.2) is 24.0 Å². The van der Waals surface area contributed by atoms with Crippen molar-refractivity contribution < 1.29 is 4.79 Å². The van der Waals surface area contributed by atoms with Crippen molar-refractivity contribution in [1.82, 2.24) is 10.3 Å². The number of piperidine rings is 1. The van der Waals surface area contributed by atoms with Gasteiger partial charge in [-0.25, -0.2) is 0 Å². The SMILES string of the molecule is O=C(CC1CCNCC1)Nc1cccc2ncccc12. The van der Waals surface area contributed by atoms with Gasteiger partial charge in [-0.05, 0) is 56.1 Å². The van der Waals surface area contributed by atoms with E-state index in [2.05, 4.69) is 15.6 Å². The molecular weight excluding hydrogens is 250 g/mol. The predicted octanol–water partition coefficient (Wildman–Crippen LogP) is 2.56. The Hall–Kier alpha value is -1.94. The van der Waals surface area contributed by atoms with Crippen molar-refractivity contribution in [3.05, 3.63) is 36.5 Å². The van der Waals surface area contributed by atoms with Gasteiger partial charge in [0.2, 0.25) is 5.91 Å². The van der Waals surface area contributed by atoms with Gasteiger partial charge in [-0.15, -0.1) is 0 Å². The number of nitrogens with one attached hydrogen (secondary N) is 2. The molecule has 4 nitrogen and oxygen atoms in total. The number of rotatable bonds is 3. The zero-order chi connectivity index (χ0) is 13.8. The number of benzene rings is 1. The molecule has 1 aromatic heterocycles. The molecule has 1 aliphatic heterocycles. The molecule has 3 rings (SSSR count). The molecule has 1 fully saturated rings. The molecule has 20 heavy (non-hydrogen) atoms. The van der Waals surface area contributed by atoms with Crippen molar-refractivity contribution >= 4 is 22.5 Å². The molecule has 1 saturated heterocycles. The van der Waals surface area contributed by atoms with Crippen LogP contribution in [0.4, 0.5) is 5.69 Å². The quantitative estimate of drug-likeness (QED) is 0.900. The largest absolute Gasteiger partial charge is 0.325 e. The first-order valence-corrected chi connectivity index (χ1v) is 7.17. The molecule has 104 valence electrons. The van der Waals surface area contributed by atoms with E-state index in [1.807, 2.05) is 30.3 Å². The minimum atomic E-state index is 0.105. The fourth-order valence-corrected chi connectivity index (χ4v) is 2.76. The maximum absolute atomic E-state index is 12.2. The van der Waals surface area contributed by atoms with Crippen LogP contribution >= 0.6 is 0 Å². The van der Waals surface area contributed by atoms with Gasteiger partial charge < -0.3 is 10.6 Å². The van der Waals surface area contributed by atoms with Crippen molar-refractivity contribution in [2.45, 2.75) is 19.3 Å². The maximum Gasteiger partial charge on any atom is 0.224 e. The smallest absolute Gasteiger partial charge is 0.224 e. The van der Waals surface area contributed by atoms with Crippen molar-refractivity contribution in [2.75, 3.05) is 18.4 Å². The summed E-state index contributed by atoms with van der Waals surface area (Å²) in [6.45, 7) is 2.05. The van der Waals surface area contributed by atoms with E-state index in [4.69, 9.17) is 0 Å². The first kappa shape index (κ1) is 13.1. The third-order valence-corrected chi connectivity index (χ3v) is 3.85. The molecule has 2 N–H and O–H groups in total. The lowest BCUT2D eigenvalue weighted by Crippen LogP contribution is -2.30. The number of fused-ring (bicyclic) bond motifs is 1. The lowest BCUT2D eigenvalue weighted by atomic mass is 9.94. The minimum Gasteiger partial charge on any atom is -0.325 e. The summed E-state index contributed by atoms with van der Waals surface area (Å²) < 4.78 is 0. The van der Waals surface area contributed by atoms with Gasteiger partial charge in [0.1, 0.15) is 0 Å². The Morgan fingerprint density at radius 2 is 2.10 bits per heavy atom. The summed E-state index contributed by atoms with van der Waals surface area (Å²) in [5.74, 6) is 0.609. The van der Waals surface area contributed by atoms with Gasteiger partial charge in [-0.1, -0.05) is 6.07 Å². The fourth-order valence-electron chi connectivity index (χ4n) is 2.76. The van der Waals surface area contributed by atoms with Crippen LogP contribution in [0.5, 0.6) is 0 Å². The first-order chi connectivity index (χ1) is 9.83. The first-order valence-electron chi connectivity index (χ1n) is 7.17. The van der Waals surface area contributed by atoms with E-state index in [1.54, 1.807) is 6.20 Å². The summed E-state index contributed by atoms with van der Waals surface area (Å²) in [7, 11) is 0. The summed E-state index contributed by atoms with van der Waals surface area (Å²) >= 11 is 0. The number of anilines is 1. The Balaban J connectivity index is 1.71. The van der Waals surface area contributed by atoms with Gasteiger partial charge >= 0.3 is 0 Å². The maximum atomic E-state index is 12.2. The Labute approximate surface area is 118 Å². The van der Waals surface area contributed by atoms with Crippen molar-refractivity contribution in [2.24, 2.45) is 5.92 Å². The van der Waals surface area contributed by atoms with E-state index in [1.165, 1.54) is 0 Å². The van der Waals surface area contributed by atoms with Crippen LogP contribution in [0, 0.1) is 5.92 Å². The topological polar surface area (TPSA) is 54.0 Å². The van der Waals surface area contributed by atoms with Crippen LogP contribution in [0.3, 0.4) is 0 Å². The second-order valence-corrected chi connectivity index (χ2v) is 5.32. The lowest BCUT2D eigenvalue weighted by Gasteiger charge is -2.22. The Morgan fingerprint density at radius 1 is 1.25 bits per heavy atom. The van der Waals surface area contributed by atoms with E-state index in [0.717, 1.165) is 42.5 Å². The number of carbonyl (C=O) groups excluding carboxylic acids is 1. The average Bonchev–Trinajstić information content (AvgIpc) is 2.48. The van der Waals surface area contributed by atoms with Crippen molar-refractivity contribution in [1.29, 1.82) is 0 Å². The second kappa shape index (κ2) is 6.01. The average molecular weight is 269 g/mol. The fraction of sp³-hybridized carbons (Fsp3) is 0.375. The molecule has 0 atom stereocenters. The number of hydrogen-bond acceptors (Lipinski definition) is 3. The van der Waals surface area contributed by atoms with Gasteiger partial charge in [-0.2, -0.15) is 0 Å². The number of nitrogens with zero attached hydrogens (tertiary/aromatic N) is 1. The Morgan fingerprint density at radius 3 is 2.95 bits per heavy atom. The third-order valence-electron chi connectivity index (χ3n) is 3.85. The van der Waals surface area contributed by atoms with Crippen molar-refractivity contribution in [3.8, 4) is 0 Å². The van der Waals surface area contributed by atoms with Crippen LogP contribution in [0.15, 0.2) is 36.5 Å². The van der Waals surface area contributed by atoms with Gasteiger partial charge in [0.05, 0.1) is 11.2 Å². The monoisotopic (exact) mass is 269 g/mol. The molecule has 0 unspecified atom stereocenters. The minimum absolute atomic E-state index is 0.105. The Bertz CT molecular complexity index is 600. The van der Waals surface area contributed by atoms with Crippen LogP contribution in [0.1, 0.15) is 19.3 Å². The second-order valence-electron chi connectivity index (χ2n) is 5.32. The number of carbonyl (C=O) groups is 1. The standard InChI is InChI=1S/C16H19N3O/c20-16(11-12-6-9-17-10-7-12)19-15-5-1-4-14-13(15)3-2-8-18-14/h1-5,8,12,17H,6-7,9-11H2,(H,19,20). The summed E-state index contributed by atoms with van der Waals surface area (Å²) in [5.41, 5.74) is 1.77. The van der Waals surface area contributed by atoms with Crippen LogP contribution in [0.2, 0.25) is 0 Å². The number of aromatic nitrogens is 1. The molecule has 0 radical (unpaired) electrons.